The molecule has 2 amide bonds. The SMILES string of the molecule is O=C1C(Cl)=C(NC2CCCCCCC2)C(=O)N1Cc1ccccc1. The van der Waals surface area contributed by atoms with E-state index in [4.69, 9.17) is 11.6 Å². The summed E-state index contributed by atoms with van der Waals surface area (Å²) in [6.07, 6.45) is 8.10. The summed E-state index contributed by atoms with van der Waals surface area (Å²) in [5.74, 6) is -0.713. The van der Waals surface area contributed by atoms with Crippen LogP contribution in [-0.4, -0.2) is 22.8 Å². The van der Waals surface area contributed by atoms with Gasteiger partial charge in [0.1, 0.15) is 10.7 Å². The largest absolute Gasteiger partial charge is 0.376 e. The molecule has 2 aliphatic rings. The van der Waals surface area contributed by atoms with Crippen LogP contribution in [-0.2, 0) is 16.1 Å². The summed E-state index contributed by atoms with van der Waals surface area (Å²) in [6.45, 7) is 0.255. The summed E-state index contributed by atoms with van der Waals surface area (Å²) in [4.78, 5) is 26.3. The number of hydrogen-bond donors (Lipinski definition) is 1. The lowest BCUT2D eigenvalue weighted by molar-refractivity contribution is -0.138. The number of carbonyl (C=O) groups excluding carboxylic acids is 2. The van der Waals surface area contributed by atoms with E-state index in [1.54, 1.807) is 0 Å². The molecule has 1 aliphatic carbocycles. The Hall–Kier alpha value is -1.81. The lowest BCUT2D eigenvalue weighted by atomic mass is 9.96. The van der Waals surface area contributed by atoms with Crippen LogP contribution in [0.3, 0.4) is 0 Å². The fourth-order valence-corrected chi connectivity index (χ4v) is 3.62. The minimum Gasteiger partial charge on any atom is -0.376 e. The van der Waals surface area contributed by atoms with Gasteiger partial charge < -0.3 is 5.32 Å². The van der Waals surface area contributed by atoms with Gasteiger partial charge in [0.15, 0.2) is 0 Å². The Kier molecular flexibility index (Phi) is 5.56. The number of benzene rings is 1. The summed E-state index contributed by atoms with van der Waals surface area (Å²) < 4.78 is 0. The van der Waals surface area contributed by atoms with E-state index in [0.717, 1.165) is 31.2 Å². The molecule has 1 saturated carbocycles. The normalized spacial score (nSPS) is 20.3. The van der Waals surface area contributed by atoms with Crippen molar-refractivity contribution >= 4 is 23.4 Å². The number of halogens is 1. The molecule has 128 valence electrons. The van der Waals surface area contributed by atoms with E-state index < -0.39 is 5.91 Å². The Morgan fingerprint density at radius 1 is 0.958 bits per heavy atom. The average Bonchev–Trinajstić information content (AvgIpc) is 2.76. The highest BCUT2D eigenvalue weighted by Gasteiger charge is 2.38. The number of hydrogen-bond acceptors (Lipinski definition) is 3. The molecule has 5 heteroatoms. The van der Waals surface area contributed by atoms with Crippen molar-refractivity contribution in [2.45, 2.75) is 57.5 Å². The van der Waals surface area contributed by atoms with Crippen LogP contribution < -0.4 is 5.32 Å². The van der Waals surface area contributed by atoms with Crippen molar-refractivity contribution in [1.29, 1.82) is 0 Å². The Morgan fingerprint density at radius 3 is 2.25 bits per heavy atom. The zero-order chi connectivity index (χ0) is 16.9. The van der Waals surface area contributed by atoms with Crippen LogP contribution >= 0.6 is 11.6 Å². The van der Waals surface area contributed by atoms with E-state index in [0.29, 0.717) is 0 Å². The average molecular weight is 347 g/mol. The first kappa shape index (κ1) is 17.0. The minimum absolute atomic E-state index is 0.0259. The van der Waals surface area contributed by atoms with Crippen molar-refractivity contribution in [1.82, 2.24) is 10.2 Å². The predicted octanol–water partition coefficient (Wildman–Crippen LogP) is 3.71. The molecule has 0 bridgehead atoms. The van der Waals surface area contributed by atoms with E-state index in [1.807, 2.05) is 30.3 Å². The molecule has 0 unspecified atom stereocenters. The van der Waals surface area contributed by atoms with Gasteiger partial charge >= 0.3 is 0 Å². The summed E-state index contributed by atoms with van der Waals surface area (Å²) in [7, 11) is 0. The van der Waals surface area contributed by atoms with Crippen molar-refractivity contribution in [3.8, 4) is 0 Å². The van der Waals surface area contributed by atoms with Crippen molar-refractivity contribution in [2.24, 2.45) is 0 Å². The Morgan fingerprint density at radius 2 is 1.58 bits per heavy atom. The predicted molar refractivity (Wildman–Crippen MR) is 94.1 cm³/mol. The topological polar surface area (TPSA) is 49.4 Å². The minimum atomic E-state index is -0.404. The van der Waals surface area contributed by atoms with Crippen LogP contribution in [0.1, 0.15) is 50.5 Å². The zero-order valence-corrected chi connectivity index (χ0v) is 14.5. The van der Waals surface area contributed by atoms with Gasteiger partial charge in [-0.3, -0.25) is 14.5 Å². The van der Waals surface area contributed by atoms with Crippen LogP contribution in [0.5, 0.6) is 0 Å². The molecule has 24 heavy (non-hydrogen) atoms. The zero-order valence-electron chi connectivity index (χ0n) is 13.8. The van der Waals surface area contributed by atoms with Gasteiger partial charge in [-0.25, -0.2) is 0 Å². The van der Waals surface area contributed by atoms with Gasteiger partial charge in [-0.15, -0.1) is 0 Å². The van der Waals surface area contributed by atoms with Crippen LogP contribution in [0, 0.1) is 0 Å². The number of carbonyl (C=O) groups is 2. The molecule has 1 N–H and O–H groups in total. The molecule has 0 spiro atoms. The molecule has 0 atom stereocenters. The molecule has 0 saturated heterocycles. The first-order valence-corrected chi connectivity index (χ1v) is 9.11. The van der Waals surface area contributed by atoms with E-state index in [1.165, 1.54) is 24.2 Å². The highest BCUT2D eigenvalue weighted by molar-refractivity contribution is 6.47. The molecule has 0 radical (unpaired) electrons. The van der Waals surface area contributed by atoms with Gasteiger partial charge in [0.2, 0.25) is 0 Å². The third-order valence-electron chi connectivity index (χ3n) is 4.75. The monoisotopic (exact) mass is 346 g/mol. The van der Waals surface area contributed by atoms with E-state index >= 15 is 0 Å². The first-order chi connectivity index (χ1) is 11.7. The Balaban J connectivity index is 1.69. The van der Waals surface area contributed by atoms with Crippen LogP contribution in [0.15, 0.2) is 41.1 Å². The smallest absolute Gasteiger partial charge is 0.278 e. The van der Waals surface area contributed by atoms with Crippen LogP contribution in [0.4, 0.5) is 0 Å². The molecule has 3 rings (SSSR count). The molecule has 1 aliphatic heterocycles. The number of amides is 2. The fraction of sp³-hybridized carbons (Fsp3) is 0.474. The maximum atomic E-state index is 12.7. The third-order valence-corrected chi connectivity index (χ3v) is 5.10. The molecule has 4 nitrogen and oxygen atoms in total. The molecule has 1 aromatic rings. The first-order valence-electron chi connectivity index (χ1n) is 8.73. The standard InChI is InChI=1S/C19H23ClN2O2/c20-16-17(21-15-11-7-2-1-3-8-12-15)19(24)22(18(16)23)13-14-9-5-4-6-10-14/h4-6,9-10,15,21H,1-3,7-8,11-13H2. The molecule has 0 aromatic heterocycles. The van der Waals surface area contributed by atoms with E-state index in [9.17, 15) is 9.59 Å². The van der Waals surface area contributed by atoms with Crippen LogP contribution in [0.2, 0.25) is 0 Å². The highest BCUT2D eigenvalue weighted by Crippen LogP contribution is 2.26. The maximum absolute atomic E-state index is 12.7. The maximum Gasteiger partial charge on any atom is 0.278 e. The second-order valence-electron chi connectivity index (χ2n) is 6.56. The van der Waals surface area contributed by atoms with Crippen molar-refractivity contribution in [3.05, 3.63) is 46.6 Å². The Bertz CT molecular complexity index is 634. The summed E-state index contributed by atoms with van der Waals surface area (Å²) >= 11 is 6.18. The number of nitrogens with one attached hydrogen (secondary N) is 1. The number of imide groups is 1. The number of nitrogens with zero attached hydrogens (tertiary/aromatic N) is 1. The van der Waals surface area contributed by atoms with Gasteiger partial charge in [-0.2, -0.15) is 0 Å². The van der Waals surface area contributed by atoms with Crippen LogP contribution in [0.25, 0.3) is 0 Å². The second kappa shape index (κ2) is 7.84. The summed E-state index contributed by atoms with van der Waals surface area (Å²) in [6, 6.07) is 9.71. The third kappa shape index (κ3) is 3.81. The van der Waals surface area contributed by atoms with Gasteiger partial charge in [0, 0.05) is 6.04 Å². The lowest BCUT2D eigenvalue weighted by Crippen LogP contribution is -2.36. The fourth-order valence-electron chi connectivity index (χ4n) is 3.39. The molecule has 1 heterocycles. The van der Waals surface area contributed by atoms with E-state index in [2.05, 4.69) is 5.32 Å². The quantitative estimate of drug-likeness (QED) is 0.845. The molecular weight excluding hydrogens is 324 g/mol. The molecule has 1 fully saturated rings. The van der Waals surface area contributed by atoms with E-state index in [-0.39, 0.29) is 29.2 Å². The highest BCUT2D eigenvalue weighted by atomic mass is 35.5. The van der Waals surface area contributed by atoms with Crippen molar-refractivity contribution in [3.63, 3.8) is 0 Å². The second-order valence-corrected chi connectivity index (χ2v) is 6.94. The molecule has 1 aromatic carbocycles. The molecular formula is C19H23ClN2O2. The summed E-state index contributed by atoms with van der Waals surface area (Å²) in [5, 5.41) is 3.29. The number of rotatable bonds is 4. The van der Waals surface area contributed by atoms with Crippen molar-refractivity contribution < 1.29 is 9.59 Å². The lowest BCUT2D eigenvalue weighted by Gasteiger charge is -2.22. The van der Waals surface area contributed by atoms with Gasteiger partial charge in [-0.1, -0.05) is 74.0 Å². The van der Waals surface area contributed by atoms with Crippen molar-refractivity contribution in [2.75, 3.05) is 0 Å². The van der Waals surface area contributed by atoms with Gasteiger partial charge in [0.05, 0.1) is 6.54 Å². The van der Waals surface area contributed by atoms with Gasteiger partial charge in [-0.05, 0) is 18.4 Å². The van der Waals surface area contributed by atoms with Gasteiger partial charge in [0.25, 0.3) is 11.8 Å². The summed E-state index contributed by atoms with van der Waals surface area (Å²) in [5.41, 5.74) is 1.19. The Labute approximate surface area is 147 Å².